The van der Waals surface area contributed by atoms with Crippen molar-refractivity contribution in [1.29, 1.82) is 0 Å². The fraction of sp³-hybridized carbons (Fsp3) is 0.286. The van der Waals surface area contributed by atoms with Crippen LogP contribution in [0.2, 0.25) is 0 Å². The Labute approximate surface area is 157 Å². The number of fused-ring (bicyclic) bond motifs is 1. The number of benzene rings is 2. The van der Waals surface area contributed by atoms with Gasteiger partial charge in [0.05, 0.1) is 19.4 Å². The summed E-state index contributed by atoms with van der Waals surface area (Å²) in [6, 6.07) is 15.3. The predicted molar refractivity (Wildman–Crippen MR) is 98.6 cm³/mol. The van der Waals surface area contributed by atoms with Crippen molar-refractivity contribution >= 4 is 5.97 Å². The monoisotopic (exact) mass is 367 g/mol. The van der Waals surface area contributed by atoms with Gasteiger partial charge in [0, 0.05) is 12.6 Å². The molecule has 0 amide bonds. The van der Waals surface area contributed by atoms with E-state index in [1.165, 1.54) is 7.11 Å². The van der Waals surface area contributed by atoms with Crippen molar-refractivity contribution in [2.45, 2.75) is 6.04 Å². The van der Waals surface area contributed by atoms with Crippen molar-refractivity contribution in [2.75, 3.05) is 27.5 Å². The van der Waals surface area contributed by atoms with E-state index < -0.39 is 5.92 Å². The molecule has 2 aromatic rings. The molecule has 0 aromatic heterocycles. The lowest BCUT2D eigenvalue weighted by atomic mass is 9.91. The number of nitrogens with zero attached hydrogens (tertiary/aromatic N) is 1. The van der Waals surface area contributed by atoms with E-state index in [4.69, 9.17) is 18.9 Å². The molecule has 27 heavy (non-hydrogen) atoms. The lowest BCUT2D eigenvalue weighted by Gasteiger charge is -2.23. The average Bonchev–Trinajstić information content (AvgIpc) is 3.29. The van der Waals surface area contributed by atoms with Gasteiger partial charge in [-0.2, -0.15) is 0 Å². The van der Waals surface area contributed by atoms with Crippen LogP contribution in [0, 0.1) is 5.92 Å². The number of likely N-dealkylation sites (N-methyl/N-ethyl adjacent to an activating group) is 1. The van der Waals surface area contributed by atoms with Gasteiger partial charge in [-0.25, -0.2) is 0 Å². The second-order valence-corrected chi connectivity index (χ2v) is 6.60. The summed E-state index contributed by atoms with van der Waals surface area (Å²) in [5.74, 6) is 1.29. The van der Waals surface area contributed by atoms with E-state index in [-0.39, 0.29) is 18.8 Å². The molecule has 0 N–H and O–H groups in total. The van der Waals surface area contributed by atoms with Gasteiger partial charge >= 0.3 is 5.97 Å². The standard InChI is InChI=1S/C21H21NO5/c1-22-11-15(12-25-16-8-9-17-18(10-16)27-13-26-17)19(21(23)24-2)20(22)14-6-4-3-5-7-14/h3-10,12,19-20H,11,13H2,1-2H3/b15-12+/t19-,20+/m1/s1. The van der Waals surface area contributed by atoms with Gasteiger partial charge in [-0.15, -0.1) is 0 Å². The van der Waals surface area contributed by atoms with E-state index in [0.717, 1.165) is 11.1 Å². The van der Waals surface area contributed by atoms with Gasteiger partial charge < -0.3 is 18.9 Å². The van der Waals surface area contributed by atoms with E-state index >= 15 is 0 Å². The molecule has 6 heteroatoms. The Bertz CT molecular complexity index is 864. The van der Waals surface area contributed by atoms with Crippen molar-refractivity contribution in [3.8, 4) is 17.2 Å². The average molecular weight is 367 g/mol. The van der Waals surface area contributed by atoms with Crippen LogP contribution >= 0.6 is 0 Å². The SMILES string of the molecule is COC(=O)[C@@H]1/C(=C/Oc2ccc3c(c2)OCO3)CN(C)[C@H]1c1ccccc1. The third-order valence-corrected chi connectivity index (χ3v) is 4.91. The number of carbonyl (C=O) groups excluding carboxylic acids is 1. The summed E-state index contributed by atoms with van der Waals surface area (Å²) in [5, 5.41) is 0. The van der Waals surface area contributed by atoms with E-state index in [2.05, 4.69) is 4.90 Å². The Balaban J connectivity index is 1.61. The number of hydrogen-bond acceptors (Lipinski definition) is 6. The summed E-state index contributed by atoms with van der Waals surface area (Å²) in [5.41, 5.74) is 1.94. The number of hydrogen-bond donors (Lipinski definition) is 0. The first-order valence-corrected chi connectivity index (χ1v) is 8.75. The molecule has 2 atom stereocenters. The zero-order valence-corrected chi connectivity index (χ0v) is 15.3. The molecule has 2 aliphatic rings. The summed E-state index contributed by atoms with van der Waals surface area (Å²) in [4.78, 5) is 14.7. The Morgan fingerprint density at radius 3 is 2.70 bits per heavy atom. The van der Waals surface area contributed by atoms with Crippen LogP contribution in [0.1, 0.15) is 11.6 Å². The number of esters is 1. The molecule has 140 valence electrons. The summed E-state index contributed by atoms with van der Waals surface area (Å²) >= 11 is 0. The Kier molecular flexibility index (Phi) is 4.73. The molecule has 0 saturated carbocycles. The number of ether oxygens (including phenoxy) is 4. The van der Waals surface area contributed by atoms with Gasteiger partial charge in [0.15, 0.2) is 11.5 Å². The summed E-state index contributed by atoms with van der Waals surface area (Å²) in [7, 11) is 3.41. The van der Waals surface area contributed by atoms with Crippen molar-refractivity contribution in [3.63, 3.8) is 0 Å². The lowest BCUT2D eigenvalue weighted by molar-refractivity contribution is -0.145. The second-order valence-electron chi connectivity index (χ2n) is 6.60. The molecule has 0 spiro atoms. The van der Waals surface area contributed by atoms with Gasteiger partial charge in [-0.05, 0) is 30.3 Å². The third kappa shape index (κ3) is 3.36. The minimum atomic E-state index is -0.420. The maximum Gasteiger partial charge on any atom is 0.314 e. The molecule has 1 saturated heterocycles. The van der Waals surface area contributed by atoms with Gasteiger partial charge in [-0.3, -0.25) is 9.69 Å². The van der Waals surface area contributed by atoms with Crippen molar-refractivity contribution in [2.24, 2.45) is 5.92 Å². The quantitative estimate of drug-likeness (QED) is 0.611. The van der Waals surface area contributed by atoms with E-state index in [1.807, 2.05) is 49.5 Å². The molecular weight excluding hydrogens is 346 g/mol. The van der Waals surface area contributed by atoms with Gasteiger partial charge in [0.1, 0.15) is 11.7 Å². The van der Waals surface area contributed by atoms with E-state index in [1.54, 1.807) is 12.3 Å². The Hall–Kier alpha value is -2.99. The van der Waals surface area contributed by atoms with Crippen molar-refractivity contribution < 1.29 is 23.7 Å². The van der Waals surface area contributed by atoms with E-state index in [9.17, 15) is 4.79 Å². The fourth-order valence-electron chi connectivity index (χ4n) is 3.65. The van der Waals surface area contributed by atoms with Crippen molar-refractivity contribution in [3.05, 3.63) is 65.9 Å². The molecule has 2 heterocycles. The highest BCUT2D eigenvalue weighted by atomic mass is 16.7. The molecule has 6 nitrogen and oxygen atoms in total. The van der Waals surface area contributed by atoms with E-state index in [0.29, 0.717) is 23.8 Å². The highest BCUT2D eigenvalue weighted by molar-refractivity contribution is 5.78. The first-order valence-electron chi connectivity index (χ1n) is 8.75. The number of rotatable bonds is 4. The summed E-state index contributed by atoms with van der Waals surface area (Å²) < 4.78 is 21.6. The van der Waals surface area contributed by atoms with Crippen LogP contribution in [-0.2, 0) is 9.53 Å². The molecular formula is C21H21NO5. The molecule has 0 aliphatic carbocycles. The smallest absolute Gasteiger partial charge is 0.314 e. The molecule has 1 fully saturated rings. The van der Waals surface area contributed by atoms with Crippen LogP contribution in [0.25, 0.3) is 0 Å². The van der Waals surface area contributed by atoms with Crippen molar-refractivity contribution in [1.82, 2.24) is 4.90 Å². The number of methoxy groups -OCH3 is 1. The molecule has 2 aliphatic heterocycles. The molecule has 0 bridgehead atoms. The van der Waals surface area contributed by atoms with Gasteiger partial charge in [-0.1, -0.05) is 30.3 Å². The maximum atomic E-state index is 12.5. The summed E-state index contributed by atoms with van der Waals surface area (Å²) in [6.45, 7) is 0.831. The Morgan fingerprint density at radius 1 is 1.15 bits per heavy atom. The normalized spacial score (nSPS) is 22.8. The number of likely N-dealkylation sites (tertiary alicyclic amines) is 1. The van der Waals surface area contributed by atoms with Crippen LogP contribution in [0.3, 0.4) is 0 Å². The first-order chi connectivity index (χ1) is 13.2. The topological polar surface area (TPSA) is 57.2 Å². The Morgan fingerprint density at radius 2 is 1.93 bits per heavy atom. The minimum Gasteiger partial charge on any atom is -0.469 e. The number of carbonyl (C=O) groups is 1. The van der Waals surface area contributed by atoms with Crippen LogP contribution in [0.5, 0.6) is 17.2 Å². The van der Waals surface area contributed by atoms with Crippen LogP contribution < -0.4 is 14.2 Å². The first kappa shape index (κ1) is 17.4. The zero-order chi connectivity index (χ0) is 18.8. The second kappa shape index (κ2) is 7.32. The highest BCUT2D eigenvalue weighted by Gasteiger charge is 2.42. The summed E-state index contributed by atoms with van der Waals surface area (Å²) in [6.07, 6.45) is 1.65. The minimum absolute atomic E-state index is 0.0924. The van der Waals surface area contributed by atoms with Gasteiger partial charge in [0.25, 0.3) is 0 Å². The zero-order valence-electron chi connectivity index (χ0n) is 15.3. The highest BCUT2D eigenvalue weighted by Crippen LogP contribution is 2.41. The predicted octanol–water partition coefficient (Wildman–Crippen LogP) is 3.15. The molecule has 0 radical (unpaired) electrons. The van der Waals surface area contributed by atoms with Crippen LogP contribution in [-0.4, -0.2) is 38.4 Å². The molecule has 2 aromatic carbocycles. The van der Waals surface area contributed by atoms with Gasteiger partial charge in [0.2, 0.25) is 6.79 Å². The largest absolute Gasteiger partial charge is 0.469 e. The lowest BCUT2D eigenvalue weighted by Crippen LogP contribution is -2.26. The molecule has 0 unspecified atom stereocenters. The third-order valence-electron chi connectivity index (χ3n) is 4.91. The van der Waals surface area contributed by atoms with Crippen LogP contribution in [0.15, 0.2) is 60.4 Å². The van der Waals surface area contributed by atoms with Crippen LogP contribution in [0.4, 0.5) is 0 Å². The maximum absolute atomic E-state index is 12.5. The fourth-order valence-corrected chi connectivity index (χ4v) is 3.65. The molecule has 4 rings (SSSR count).